The van der Waals surface area contributed by atoms with Gasteiger partial charge in [0.2, 0.25) is 11.8 Å². The highest BCUT2D eigenvalue weighted by molar-refractivity contribution is 6.04. The third-order valence-corrected chi connectivity index (χ3v) is 7.17. The second kappa shape index (κ2) is 13.9. The Bertz CT molecular complexity index is 1150. The van der Waals surface area contributed by atoms with Crippen LogP contribution in [-0.2, 0) is 36.8 Å². The minimum absolute atomic E-state index is 0.112. The average molecular weight is 538 g/mol. The van der Waals surface area contributed by atoms with Crippen molar-refractivity contribution in [3.8, 4) is 0 Å². The number of carbonyl (C=O) groups excluding carboxylic acids is 3. The van der Waals surface area contributed by atoms with E-state index in [1.54, 1.807) is 12.1 Å². The number of nitrogens with two attached hydrogens (primary N) is 1. The van der Waals surface area contributed by atoms with E-state index in [1.807, 2.05) is 49.4 Å². The Morgan fingerprint density at radius 2 is 1.74 bits per heavy atom. The zero-order valence-corrected chi connectivity index (χ0v) is 22.8. The summed E-state index contributed by atoms with van der Waals surface area (Å²) in [6, 6.07) is 13.7. The van der Waals surface area contributed by atoms with Gasteiger partial charge in [-0.25, -0.2) is 0 Å². The maximum absolute atomic E-state index is 13.8. The van der Waals surface area contributed by atoms with Gasteiger partial charge in [0.25, 0.3) is 0 Å². The first-order valence-corrected chi connectivity index (χ1v) is 13.6. The Morgan fingerprint density at radius 1 is 1.08 bits per heavy atom. The number of aliphatic carboxylic acids is 1. The number of nitrogens with one attached hydrogen (secondary N) is 1. The van der Waals surface area contributed by atoms with Crippen molar-refractivity contribution in [3.63, 3.8) is 0 Å². The number of unbranched alkanes of at least 4 members (excludes halogenated alkanes) is 1. The molecule has 4 N–H and O–H groups in total. The van der Waals surface area contributed by atoms with E-state index in [0.29, 0.717) is 12.1 Å². The van der Waals surface area contributed by atoms with Crippen LogP contribution in [0.4, 0.5) is 5.69 Å². The second-order valence-corrected chi connectivity index (χ2v) is 10.3. The van der Waals surface area contributed by atoms with Crippen LogP contribution in [0, 0.1) is 5.92 Å². The fraction of sp³-hybridized carbons (Fsp3) is 0.467. The first kappa shape index (κ1) is 29.8. The van der Waals surface area contributed by atoms with Gasteiger partial charge in [-0.15, -0.1) is 0 Å². The molecule has 0 saturated heterocycles. The number of amides is 2. The standard InChI is InChI=1S/C30H39N3O6/c1-4-5-11-19(2)26(39-30(38)23(31)16-21-12-7-6-8-13-21)18-27(34)33-24-15-10-9-14-22(24)17-25(33)28(35)32-20(3)29(36)37/h6-10,12-15,19-20,23,25-26H,4-5,11,16-18,31H2,1-3H3,(H,32,35)(H,36,37)/t19-,20-,23+,25-,26-/m0/s1. The maximum atomic E-state index is 13.8. The van der Waals surface area contributed by atoms with E-state index >= 15 is 0 Å². The van der Waals surface area contributed by atoms with Crippen molar-refractivity contribution in [1.29, 1.82) is 0 Å². The van der Waals surface area contributed by atoms with Gasteiger partial charge in [-0.05, 0) is 42.9 Å². The summed E-state index contributed by atoms with van der Waals surface area (Å²) in [4.78, 5) is 52.6. The molecule has 2 amide bonds. The minimum atomic E-state index is -1.17. The molecule has 1 aliphatic heterocycles. The zero-order chi connectivity index (χ0) is 28.5. The molecule has 210 valence electrons. The predicted molar refractivity (Wildman–Crippen MR) is 148 cm³/mol. The summed E-state index contributed by atoms with van der Waals surface area (Å²) in [5.41, 5.74) is 8.49. The molecular weight excluding hydrogens is 498 g/mol. The molecule has 0 bridgehead atoms. The number of anilines is 1. The number of benzene rings is 2. The number of rotatable bonds is 13. The number of hydrogen-bond donors (Lipinski definition) is 3. The van der Waals surface area contributed by atoms with Gasteiger partial charge in [0.15, 0.2) is 0 Å². The van der Waals surface area contributed by atoms with Crippen molar-refractivity contribution in [2.75, 3.05) is 4.90 Å². The first-order chi connectivity index (χ1) is 18.6. The Kier molecular flexibility index (Phi) is 10.6. The summed E-state index contributed by atoms with van der Waals surface area (Å²) in [5.74, 6) is -2.78. The van der Waals surface area contributed by atoms with Crippen molar-refractivity contribution in [2.24, 2.45) is 11.7 Å². The Hall–Kier alpha value is -3.72. The second-order valence-electron chi connectivity index (χ2n) is 10.3. The molecule has 0 fully saturated rings. The summed E-state index contributed by atoms with van der Waals surface area (Å²) in [5, 5.41) is 11.7. The summed E-state index contributed by atoms with van der Waals surface area (Å²) in [7, 11) is 0. The highest BCUT2D eigenvalue weighted by Gasteiger charge is 2.40. The van der Waals surface area contributed by atoms with Crippen LogP contribution >= 0.6 is 0 Å². The monoisotopic (exact) mass is 537 g/mol. The molecule has 2 aromatic rings. The summed E-state index contributed by atoms with van der Waals surface area (Å²) < 4.78 is 5.86. The lowest BCUT2D eigenvalue weighted by molar-refractivity contribution is -0.154. The predicted octanol–water partition coefficient (Wildman–Crippen LogP) is 3.23. The summed E-state index contributed by atoms with van der Waals surface area (Å²) in [6.07, 6.45) is 2.34. The molecule has 0 aromatic heterocycles. The molecule has 39 heavy (non-hydrogen) atoms. The van der Waals surface area contributed by atoms with E-state index in [0.717, 1.165) is 30.4 Å². The Balaban J connectivity index is 1.80. The molecule has 0 unspecified atom stereocenters. The van der Waals surface area contributed by atoms with Gasteiger partial charge < -0.3 is 20.9 Å². The average Bonchev–Trinajstić information content (AvgIpc) is 3.31. The Labute approximate surface area is 229 Å². The molecule has 0 aliphatic carbocycles. The lowest BCUT2D eigenvalue weighted by atomic mass is 9.95. The number of esters is 1. The number of carboxylic acids is 1. The van der Waals surface area contributed by atoms with Crippen LogP contribution in [0.15, 0.2) is 54.6 Å². The van der Waals surface area contributed by atoms with Crippen LogP contribution in [0.5, 0.6) is 0 Å². The van der Waals surface area contributed by atoms with E-state index in [2.05, 4.69) is 12.2 Å². The number of ether oxygens (including phenoxy) is 1. The fourth-order valence-corrected chi connectivity index (χ4v) is 4.80. The maximum Gasteiger partial charge on any atom is 0.325 e. The van der Waals surface area contributed by atoms with E-state index in [9.17, 15) is 24.3 Å². The van der Waals surface area contributed by atoms with Crippen LogP contribution in [-0.4, -0.2) is 53.1 Å². The number of fused-ring (bicyclic) bond motifs is 1. The SMILES string of the molecule is CCCC[C@H](C)[C@H](CC(=O)N1c2ccccc2C[C@H]1C(=O)N[C@@H](C)C(=O)O)OC(=O)[C@H](N)Cc1ccccc1. The molecule has 5 atom stereocenters. The number of nitrogens with zero attached hydrogens (tertiary/aromatic N) is 1. The third kappa shape index (κ3) is 7.89. The van der Waals surface area contributed by atoms with Crippen LogP contribution in [0.2, 0.25) is 0 Å². The van der Waals surface area contributed by atoms with Gasteiger partial charge in [-0.2, -0.15) is 0 Å². The molecule has 9 nitrogen and oxygen atoms in total. The fourth-order valence-electron chi connectivity index (χ4n) is 4.80. The third-order valence-electron chi connectivity index (χ3n) is 7.17. The number of hydrogen-bond acceptors (Lipinski definition) is 6. The zero-order valence-electron chi connectivity index (χ0n) is 22.8. The highest BCUT2D eigenvalue weighted by atomic mass is 16.5. The van der Waals surface area contributed by atoms with Crippen molar-refractivity contribution in [2.45, 2.75) is 83.5 Å². The summed E-state index contributed by atoms with van der Waals surface area (Å²) >= 11 is 0. The number of carbonyl (C=O) groups is 4. The molecule has 2 aromatic carbocycles. The van der Waals surface area contributed by atoms with Gasteiger partial charge in [-0.3, -0.25) is 24.1 Å². The van der Waals surface area contributed by atoms with Crippen molar-refractivity contribution in [3.05, 3.63) is 65.7 Å². The molecule has 1 heterocycles. The lowest BCUT2D eigenvalue weighted by Gasteiger charge is -2.30. The molecule has 9 heteroatoms. The van der Waals surface area contributed by atoms with E-state index in [4.69, 9.17) is 10.5 Å². The molecule has 1 aliphatic rings. The van der Waals surface area contributed by atoms with Crippen molar-refractivity contribution >= 4 is 29.4 Å². The smallest absolute Gasteiger partial charge is 0.325 e. The van der Waals surface area contributed by atoms with Crippen LogP contribution in [0.25, 0.3) is 0 Å². The number of carboxylic acid groups (broad SMARTS) is 1. The Morgan fingerprint density at radius 3 is 2.41 bits per heavy atom. The highest BCUT2D eigenvalue weighted by Crippen LogP contribution is 2.34. The van der Waals surface area contributed by atoms with Gasteiger partial charge in [0.1, 0.15) is 24.2 Å². The first-order valence-electron chi connectivity index (χ1n) is 13.6. The quantitative estimate of drug-likeness (QED) is 0.333. The van der Waals surface area contributed by atoms with Crippen LogP contribution < -0.4 is 16.0 Å². The molecule has 3 rings (SSSR count). The van der Waals surface area contributed by atoms with Crippen molar-refractivity contribution in [1.82, 2.24) is 5.32 Å². The summed E-state index contributed by atoms with van der Waals surface area (Å²) in [6.45, 7) is 5.38. The van der Waals surface area contributed by atoms with Gasteiger partial charge in [-0.1, -0.05) is 75.2 Å². The number of para-hydroxylation sites is 1. The van der Waals surface area contributed by atoms with Gasteiger partial charge in [0, 0.05) is 12.1 Å². The van der Waals surface area contributed by atoms with E-state index < -0.39 is 42.1 Å². The normalized spacial score (nSPS) is 17.4. The molecular formula is C30H39N3O6. The lowest BCUT2D eigenvalue weighted by Crippen LogP contribution is -2.52. The van der Waals surface area contributed by atoms with Crippen LogP contribution in [0.3, 0.4) is 0 Å². The minimum Gasteiger partial charge on any atom is -0.480 e. The van der Waals surface area contributed by atoms with Crippen LogP contribution in [0.1, 0.15) is 57.6 Å². The van der Waals surface area contributed by atoms with E-state index in [-0.39, 0.29) is 24.7 Å². The van der Waals surface area contributed by atoms with Gasteiger partial charge >= 0.3 is 11.9 Å². The largest absolute Gasteiger partial charge is 0.480 e. The molecule has 0 saturated carbocycles. The molecule has 0 spiro atoms. The van der Waals surface area contributed by atoms with Gasteiger partial charge in [0.05, 0.1) is 6.42 Å². The topological polar surface area (TPSA) is 139 Å². The van der Waals surface area contributed by atoms with Crippen molar-refractivity contribution < 1.29 is 29.0 Å². The van der Waals surface area contributed by atoms with E-state index in [1.165, 1.54) is 11.8 Å². The molecule has 0 radical (unpaired) electrons.